The van der Waals surface area contributed by atoms with Gasteiger partial charge in [-0.15, -0.1) is 6.58 Å². The molecule has 3 aromatic rings. The van der Waals surface area contributed by atoms with Crippen molar-refractivity contribution in [2.24, 2.45) is 5.10 Å². The molecule has 0 aliphatic heterocycles. The Kier molecular flexibility index (Phi) is 7.82. The summed E-state index contributed by atoms with van der Waals surface area (Å²) in [6.07, 6.45) is 3.38. The van der Waals surface area contributed by atoms with Crippen molar-refractivity contribution in [1.29, 1.82) is 0 Å². The van der Waals surface area contributed by atoms with Crippen molar-refractivity contribution in [2.75, 3.05) is 13.7 Å². The predicted octanol–water partition coefficient (Wildman–Crippen LogP) is 5.17. The molecule has 3 rings (SSSR count). The van der Waals surface area contributed by atoms with Gasteiger partial charge >= 0.3 is 0 Å². The third-order valence-corrected chi connectivity index (χ3v) is 5.12. The van der Waals surface area contributed by atoms with Gasteiger partial charge in [-0.1, -0.05) is 48.5 Å². The van der Waals surface area contributed by atoms with Gasteiger partial charge in [-0.25, -0.2) is 0 Å². The number of nitrogens with zero attached hydrogens (tertiary/aromatic N) is 1. The summed E-state index contributed by atoms with van der Waals surface area (Å²) < 4.78 is 12.4. The van der Waals surface area contributed by atoms with E-state index in [1.165, 1.54) is 10.8 Å². The number of thiocarbonyl (C=S) groups is 1. The van der Waals surface area contributed by atoms with Gasteiger partial charge in [-0.2, -0.15) is 5.10 Å². The Bertz CT molecular complexity index is 1080. The maximum Gasteiger partial charge on any atom is 0.187 e. The maximum absolute atomic E-state index is 6.12. The normalized spacial score (nSPS) is 10.7. The van der Waals surface area contributed by atoms with Crippen LogP contribution in [0.25, 0.3) is 10.8 Å². The van der Waals surface area contributed by atoms with Crippen LogP contribution in [0.15, 0.2) is 76.8 Å². The molecule has 0 heterocycles. The first-order chi connectivity index (χ1) is 14.6. The number of nitrogens with one attached hydrogen (secondary N) is 2. The molecule has 0 aliphatic carbocycles. The number of fused-ring (bicyclic) bond motifs is 1. The molecule has 3 aromatic carbocycles. The van der Waals surface area contributed by atoms with Crippen LogP contribution in [0, 0.1) is 0 Å². The lowest BCUT2D eigenvalue weighted by Crippen LogP contribution is -2.31. The molecular weight excluding hydrogens is 462 g/mol. The summed E-state index contributed by atoms with van der Waals surface area (Å²) in [5.41, 5.74) is 4.69. The van der Waals surface area contributed by atoms with E-state index in [0.29, 0.717) is 29.8 Å². The summed E-state index contributed by atoms with van der Waals surface area (Å²) in [4.78, 5) is 0. The third-order valence-electron chi connectivity index (χ3n) is 4.29. The Morgan fingerprint density at radius 2 is 2.00 bits per heavy atom. The van der Waals surface area contributed by atoms with Gasteiger partial charge in [0.15, 0.2) is 16.6 Å². The number of halogens is 1. The molecule has 0 radical (unpaired) electrons. The molecule has 0 atom stereocenters. The molecule has 0 unspecified atom stereocenters. The summed E-state index contributed by atoms with van der Waals surface area (Å²) in [7, 11) is 1.61. The van der Waals surface area contributed by atoms with Crippen LogP contribution in [-0.4, -0.2) is 25.0 Å². The van der Waals surface area contributed by atoms with Crippen LogP contribution in [0.5, 0.6) is 11.5 Å². The van der Waals surface area contributed by atoms with Crippen LogP contribution in [0.4, 0.5) is 0 Å². The van der Waals surface area contributed by atoms with E-state index in [0.717, 1.165) is 15.6 Å². The molecule has 154 valence electrons. The van der Waals surface area contributed by atoms with Crippen molar-refractivity contribution in [3.63, 3.8) is 0 Å². The first-order valence-corrected chi connectivity index (χ1v) is 10.5. The Labute approximate surface area is 189 Å². The average Bonchev–Trinajstić information content (AvgIpc) is 2.76. The van der Waals surface area contributed by atoms with Crippen LogP contribution in [-0.2, 0) is 6.61 Å². The van der Waals surface area contributed by atoms with E-state index in [1.54, 1.807) is 19.4 Å². The van der Waals surface area contributed by atoms with Gasteiger partial charge in [-0.05, 0) is 62.2 Å². The van der Waals surface area contributed by atoms with E-state index in [2.05, 4.69) is 62.6 Å². The Balaban J connectivity index is 1.74. The van der Waals surface area contributed by atoms with Crippen LogP contribution in [0.3, 0.4) is 0 Å². The number of hydrogen-bond acceptors (Lipinski definition) is 4. The fourth-order valence-corrected chi connectivity index (χ4v) is 3.60. The highest BCUT2D eigenvalue weighted by molar-refractivity contribution is 9.10. The molecule has 5 nitrogen and oxygen atoms in total. The zero-order chi connectivity index (χ0) is 21.3. The van der Waals surface area contributed by atoms with Crippen LogP contribution >= 0.6 is 28.1 Å². The summed E-state index contributed by atoms with van der Waals surface area (Å²) in [5, 5.41) is 9.86. The predicted molar refractivity (Wildman–Crippen MR) is 131 cm³/mol. The lowest BCUT2D eigenvalue weighted by Gasteiger charge is -2.14. The lowest BCUT2D eigenvalue weighted by molar-refractivity contribution is 0.283. The van der Waals surface area contributed by atoms with E-state index in [-0.39, 0.29) is 0 Å². The second-order valence-electron chi connectivity index (χ2n) is 6.33. The van der Waals surface area contributed by atoms with E-state index in [1.807, 2.05) is 30.3 Å². The van der Waals surface area contributed by atoms with Crippen molar-refractivity contribution in [3.8, 4) is 11.5 Å². The van der Waals surface area contributed by atoms with Crippen molar-refractivity contribution >= 4 is 50.2 Å². The highest BCUT2D eigenvalue weighted by Crippen LogP contribution is 2.37. The Hall–Kier alpha value is -2.90. The Morgan fingerprint density at radius 3 is 2.80 bits per heavy atom. The molecule has 0 aromatic heterocycles. The fourth-order valence-electron chi connectivity index (χ4n) is 2.89. The van der Waals surface area contributed by atoms with E-state index < -0.39 is 0 Å². The molecule has 2 N–H and O–H groups in total. The lowest BCUT2D eigenvalue weighted by atomic mass is 10.1. The number of hydrogen-bond donors (Lipinski definition) is 2. The number of ether oxygens (including phenoxy) is 2. The summed E-state index contributed by atoms with van der Waals surface area (Å²) >= 11 is 8.69. The molecule has 0 bridgehead atoms. The second kappa shape index (κ2) is 10.8. The Morgan fingerprint density at radius 1 is 1.20 bits per heavy atom. The molecular formula is C23H22BrN3O2S. The monoisotopic (exact) mass is 483 g/mol. The topological polar surface area (TPSA) is 54.9 Å². The highest BCUT2D eigenvalue weighted by Gasteiger charge is 2.12. The number of hydrazone groups is 1. The van der Waals surface area contributed by atoms with Gasteiger partial charge in [0.2, 0.25) is 0 Å². The smallest absolute Gasteiger partial charge is 0.187 e. The van der Waals surface area contributed by atoms with Gasteiger partial charge in [0.25, 0.3) is 0 Å². The zero-order valence-corrected chi connectivity index (χ0v) is 18.9. The second-order valence-corrected chi connectivity index (χ2v) is 7.59. The first-order valence-electron chi connectivity index (χ1n) is 9.27. The minimum Gasteiger partial charge on any atom is -0.493 e. The van der Waals surface area contributed by atoms with Crippen LogP contribution in [0.2, 0.25) is 0 Å². The molecule has 0 spiro atoms. The number of methoxy groups -OCH3 is 1. The van der Waals surface area contributed by atoms with E-state index in [4.69, 9.17) is 21.7 Å². The quantitative estimate of drug-likeness (QED) is 0.200. The SMILES string of the molecule is C=CCNC(=S)N/N=C\c1cc(Br)c(OCc2cccc3ccccc23)c(OC)c1. The van der Waals surface area contributed by atoms with Crippen molar-refractivity contribution < 1.29 is 9.47 Å². The zero-order valence-electron chi connectivity index (χ0n) is 16.5. The van der Waals surface area contributed by atoms with Crippen molar-refractivity contribution in [1.82, 2.24) is 10.7 Å². The average molecular weight is 484 g/mol. The molecule has 30 heavy (non-hydrogen) atoms. The maximum atomic E-state index is 6.12. The molecule has 7 heteroatoms. The number of benzene rings is 3. The molecule has 0 saturated heterocycles. The van der Waals surface area contributed by atoms with Crippen molar-refractivity contribution in [2.45, 2.75) is 6.61 Å². The van der Waals surface area contributed by atoms with Gasteiger partial charge in [0.1, 0.15) is 6.61 Å². The summed E-state index contributed by atoms with van der Waals surface area (Å²) in [6, 6.07) is 18.2. The molecule has 0 fully saturated rings. The van der Waals surface area contributed by atoms with Gasteiger partial charge in [0, 0.05) is 6.54 Å². The minimum atomic E-state index is 0.423. The largest absolute Gasteiger partial charge is 0.493 e. The van der Waals surface area contributed by atoms with Gasteiger partial charge in [-0.3, -0.25) is 5.43 Å². The first kappa shape index (κ1) is 21.8. The van der Waals surface area contributed by atoms with Gasteiger partial charge in [0.05, 0.1) is 17.8 Å². The fraction of sp³-hybridized carbons (Fsp3) is 0.130. The van der Waals surface area contributed by atoms with Crippen LogP contribution in [0.1, 0.15) is 11.1 Å². The summed E-state index contributed by atoms with van der Waals surface area (Å²) in [5.74, 6) is 1.25. The molecule has 0 amide bonds. The van der Waals surface area contributed by atoms with E-state index >= 15 is 0 Å². The highest BCUT2D eigenvalue weighted by atomic mass is 79.9. The number of rotatable bonds is 8. The summed E-state index contributed by atoms with van der Waals surface area (Å²) in [6.45, 7) is 4.63. The van der Waals surface area contributed by atoms with Crippen molar-refractivity contribution in [3.05, 3.63) is 82.9 Å². The van der Waals surface area contributed by atoms with Crippen LogP contribution < -0.4 is 20.2 Å². The van der Waals surface area contributed by atoms with Gasteiger partial charge < -0.3 is 14.8 Å². The molecule has 0 saturated carbocycles. The van der Waals surface area contributed by atoms with E-state index in [9.17, 15) is 0 Å². The third kappa shape index (κ3) is 5.58. The standard InChI is InChI=1S/C23H22BrN3O2S/c1-3-11-25-23(30)27-26-14-16-12-20(24)22(21(13-16)28-2)29-15-18-9-6-8-17-7-4-5-10-19(17)18/h3-10,12-14H,1,11,15H2,2H3,(H2,25,27,30)/b26-14-. The molecule has 0 aliphatic rings. The minimum absolute atomic E-state index is 0.423.